The quantitative estimate of drug-likeness (QED) is 0.599. The van der Waals surface area contributed by atoms with Gasteiger partial charge in [0.2, 0.25) is 0 Å². The van der Waals surface area contributed by atoms with Crippen LogP contribution < -0.4 is 14.8 Å². The highest BCUT2D eigenvalue weighted by atomic mass is 32.2. The molecule has 2 aromatic rings. The molecule has 0 bridgehead atoms. The number of para-hydroxylation sites is 1. The van der Waals surface area contributed by atoms with Gasteiger partial charge in [0, 0.05) is 0 Å². The highest BCUT2D eigenvalue weighted by Gasteiger charge is 2.22. The van der Waals surface area contributed by atoms with E-state index in [0.717, 1.165) is 34.2 Å². The van der Waals surface area contributed by atoms with E-state index in [9.17, 15) is 4.79 Å². The average Bonchev–Trinajstić information content (AvgIpc) is 2.91. The Bertz CT molecular complexity index is 857. The summed E-state index contributed by atoms with van der Waals surface area (Å²) in [7, 11) is 0. The van der Waals surface area contributed by atoms with Gasteiger partial charge in [0.15, 0.2) is 5.17 Å². The number of carbonyl (C=O) groups is 1. The van der Waals surface area contributed by atoms with Crippen molar-refractivity contribution in [3.05, 3.63) is 64.1 Å². The smallest absolute Gasteiger partial charge is 0.264 e. The van der Waals surface area contributed by atoms with Crippen molar-refractivity contribution in [3.63, 3.8) is 0 Å². The van der Waals surface area contributed by atoms with Gasteiger partial charge < -0.3 is 14.8 Å². The summed E-state index contributed by atoms with van der Waals surface area (Å²) >= 11 is 1.12. The van der Waals surface area contributed by atoms with Gasteiger partial charge in [0.25, 0.3) is 5.91 Å². The number of amides is 1. The molecule has 6 heteroatoms. The average molecular weight is 368 g/mol. The Hall–Kier alpha value is -2.73. The van der Waals surface area contributed by atoms with Crippen molar-refractivity contribution >= 4 is 28.9 Å². The summed E-state index contributed by atoms with van der Waals surface area (Å²) < 4.78 is 11.6. The Morgan fingerprint density at radius 1 is 1.08 bits per heavy atom. The molecule has 1 saturated heterocycles. The van der Waals surface area contributed by atoms with Crippen LogP contribution >= 0.6 is 11.8 Å². The maximum absolute atomic E-state index is 11.7. The lowest BCUT2D eigenvalue weighted by Crippen LogP contribution is -2.18. The van der Waals surface area contributed by atoms with Crippen LogP contribution in [0.25, 0.3) is 6.08 Å². The first kappa shape index (κ1) is 18.1. The van der Waals surface area contributed by atoms with Crippen molar-refractivity contribution in [2.24, 2.45) is 0 Å². The zero-order chi connectivity index (χ0) is 18.5. The molecular weight excluding hydrogens is 348 g/mol. The Labute approximate surface area is 156 Å². The van der Waals surface area contributed by atoms with E-state index in [2.05, 4.69) is 5.32 Å². The third-order valence-corrected chi connectivity index (χ3v) is 4.66. The number of benzene rings is 2. The van der Waals surface area contributed by atoms with Crippen LogP contribution in [0.2, 0.25) is 0 Å². The van der Waals surface area contributed by atoms with Gasteiger partial charge in [0.05, 0.1) is 4.91 Å². The highest BCUT2D eigenvalue weighted by molar-refractivity contribution is 8.18. The van der Waals surface area contributed by atoms with Crippen LogP contribution in [0, 0.1) is 19.3 Å². The second-order valence-corrected chi connectivity index (χ2v) is 6.94. The van der Waals surface area contributed by atoms with Crippen molar-refractivity contribution < 1.29 is 14.3 Å². The normalized spacial score (nSPS) is 15.2. The molecule has 3 rings (SSSR count). The lowest BCUT2D eigenvalue weighted by atomic mass is 10.1. The predicted octanol–water partition coefficient (Wildman–Crippen LogP) is 3.90. The number of amidine groups is 1. The fraction of sp³-hybridized carbons (Fsp3) is 0.200. The van der Waals surface area contributed by atoms with E-state index in [1.807, 2.05) is 56.3 Å². The molecule has 0 saturated carbocycles. The van der Waals surface area contributed by atoms with Gasteiger partial charge in [-0.2, -0.15) is 0 Å². The van der Waals surface area contributed by atoms with Gasteiger partial charge >= 0.3 is 0 Å². The summed E-state index contributed by atoms with van der Waals surface area (Å²) in [6.07, 6.45) is 1.75. The molecule has 1 aliphatic rings. The van der Waals surface area contributed by atoms with E-state index < -0.39 is 0 Å². The third-order valence-electron chi connectivity index (χ3n) is 3.83. The summed E-state index contributed by atoms with van der Waals surface area (Å²) in [5.74, 6) is 1.37. The summed E-state index contributed by atoms with van der Waals surface area (Å²) in [4.78, 5) is 12.2. The molecule has 1 heterocycles. The van der Waals surface area contributed by atoms with Crippen LogP contribution in [-0.2, 0) is 4.79 Å². The molecule has 0 aliphatic carbocycles. The van der Waals surface area contributed by atoms with E-state index >= 15 is 0 Å². The lowest BCUT2D eigenvalue weighted by molar-refractivity contribution is -0.115. The molecule has 134 valence electrons. The minimum absolute atomic E-state index is 0.150. The number of carbonyl (C=O) groups excluding carboxylic acids is 1. The number of hydrogen-bond donors (Lipinski definition) is 2. The fourth-order valence-corrected chi connectivity index (χ4v) is 3.32. The van der Waals surface area contributed by atoms with E-state index in [1.54, 1.807) is 6.08 Å². The standard InChI is InChI=1S/C20H20N2O3S/c1-13-5-3-6-14(2)18(13)25-10-9-24-16-8-4-7-15(11-16)12-17-19(23)22-20(21)26-17/h3-8,11-12H,9-10H2,1-2H3,(H2,21,22,23)/b17-12-. The van der Waals surface area contributed by atoms with Crippen molar-refractivity contribution in [3.8, 4) is 11.5 Å². The van der Waals surface area contributed by atoms with Crippen LogP contribution in [0.5, 0.6) is 11.5 Å². The minimum Gasteiger partial charge on any atom is -0.490 e. The first-order valence-electron chi connectivity index (χ1n) is 8.24. The molecule has 0 unspecified atom stereocenters. The molecular formula is C20H20N2O3S. The lowest BCUT2D eigenvalue weighted by Gasteiger charge is -2.12. The van der Waals surface area contributed by atoms with Gasteiger partial charge in [-0.05, 0) is 60.5 Å². The third kappa shape index (κ3) is 4.46. The molecule has 1 aliphatic heterocycles. The highest BCUT2D eigenvalue weighted by Crippen LogP contribution is 2.26. The van der Waals surface area contributed by atoms with E-state index in [-0.39, 0.29) is 11.1 Å². The van der Waals surface area contributed by atoms with Crippen LogP contribution in [0.15, 0.2) is 47.4 Å². The van der Waals surface area contributed by atoms with E-state index in [4.69, 9.17) is 14.9 Å². The predicted molar refractivity (Wildman–Crippen MR) is 105 cm³/mol. The molecule has 0 atom stereocenters. The number of aryl methyl sites for hydroxylation is 2. The molecule has 2 N–H and O–H groups in total. The van der Waals surface area contributed by atoms with Crippen LogP contribution in [0.3, 0.4) is 0 Å². The molecule has 26 heavy (non-hydrogen) atoms. The molecule has 5 nitrogen and oxygen atoms in total. The molecule has 0 radical (unpaired) electrons. The SMILES string of the molecule is Cc1cccc(C)c1OCCOc1cccc(/C=C2\SC(=N)NC2=O)c1. The summed E-state index contributed by atoms with van der Waals surface area (Å²) in [6, 6.07) is 13.6. The van der Waals surface area contributed by atoms with Crippen molar-refractivity contribution in [1.29, 1.82) is 5.41 Å². The molecule has 0 spiro atoms. The first-order valence-corrected chi connectivity index (χ1v) is 9.06. The molecule has 2 aromatic carbocycles. The zero-order valence-electron chi connectivity index (χ0n) is 14.7. The van der Waals surface area contributed by atoms with E-state index in [1.165, 1.54) is 0 Å². The van der Waals surface area contributed by atoms with Crippen molar-refractivity contribution in [1.82, 2.24) is 5.32 Å². The second kappa shape index (κ2) is 8.10. The van der Waals surface area contributed by atoms with Crippen LogP contribution in [-0.4, -0.2) is 24.3 Å². The molecule has 0 aromatic heterocycles. The summed E-state index contributed by atoms with van der Waals surface area (Å²) in [5, 5.41) is 10.1. The number of rotatable bonds is 6. The van der Waals surface area contributed by atoms with Crippen LogP contribution in [0.1, 0.15) is 16.7 Å². The first-order chi connectivity index (χ1) is 12.5. The number of nitrogens with one attached hydrogen (secondary N) is 2. The maximum Gasteiger partial charge on any atom is 0.264 e. The topological polar surface area (TPSA) is 71.4 Å². The Balaban J connectivity index is 1.57. The Kier molecular flexibility index (Phi) is 5.63. The molecule has 1 amide bonds. The second-order valence-electron chi connectivity index (χ2n) is 5.88. The van der Waals surface area contributed by atoms with Gasteiger partial charge in [-0.1, -0.05) is 30.3 Å². The van der Waals surface area contributed by atoms with Gasteiger partial charge in [-0.15, -0.1) is 0 Å². The number of ether oxygens (including phenoxy) is 2. The fourth-order valence-electron chi connectivity index (χ4n) is 2.62. The monoisotopic (exact) mass is 368 g/mol. The van der Waals surface area contributed by atoms with Gasteiger partial charge in [-0.25, -0.2) is 0 Å². The maximum atomic E-state index is 11.7. The summed E-state index contributed by atoms with van der Waals surface area (Å²) in [5.41, 5.74) is 3.07. The van der Waals surface area contributed by atoms with Gasteiger partial charge in [0.1, 0.15) is 24.7 Å². The number of hydrogen-bond acceptors (Lipinski definition) is 5. The van der Waals surface area contributed by atoms with Gasteiger partial charge in [-0.3, -0.25) is 10.2 Å². The minimum atomic E-state index is -0.242. The Morgan fingerprint density at radius 3 is 2.46 bits per heavy atom. The zero-order valence-corrected chi connectivity index (χ0v) is 15.5. The van der Waals surface area contributed by atoms with Crippen molar-refractivity contribution in [2.75, 3.05) is 13.2 Å². The Morgan fingerprint density at radius 2 is 1.77 bits per heavy atom. The van der Waals surface area contributed by atoms with Crippen LogP contribution in [0.4, 0.5) is 0 Å². The molecule has 1 fully saturated rings. The summed E-state index contributed by atoms with van der Waals surface area (Å²) in [6.45, 7) is 4.92. The number of thioether (sulfide) groups is 1. The largest absolute Gasteiger partial charge is 0.490 e. The van der Waals surface area contributed by atoms with Crippen molar-refractivity contribution in [2.45, 2.75) is 13.8 Å². The van der Waals surface area contributed by atoms with E-state index in [0.29, 0.717) is 23.9 Å².